The summed E-state index contributed by atoms with van der Waals surface area (Å²) in [5.41, 5.74) is 2.97. The molecule has 7 heteroatoms. The van der Waals surface area contributed by atoms with Crippen molar-refractivity contribution >= 4 is 33.4 Å². The number of nitrogens with zero attached hydrogens (tertiary/aromatic N) is 4. The molecular formula is C23H17N5O2. The maximum absolute atomic E-state index is 12.8. The quantitative estimate of drug-likeness (QED) is 0.473. The number of benzene rings is 3. The first kappa shape index (κ1) is 17.8. The van der Waals surface area contributed by atoms with Gasteiger partial charge in [0.05, 0.1) is 16.7 Å². The lowest BCUT2D eigenvalue weighted by Gasteiger charge is -2.15. The standard InChI is InChI=1S/C23H17N5O2/c29-22(26-16-9-11-17(12-10-16)28-15-24-14-25-28)13-27-20-7-3-1-5-18(20)23(30)19-6-2-4-8-21(19)27/h1-12,14-15H,13H2,(H,26,29). The third-order valence-electron chi connectivity index (χ3n) is 5.02. The molecule has 0 spiro atoms. The van der Waals surface area contributed by atoms with Crippen molar-refractivity contribution in [3.8, 4) is 5.69 Å². The first-order chi connectivity index (χ1) is 14.7. The van der Waals surface area contributed by atoms with Crippen molar-refractivity contribution in [1.82, 2.24) is 19.3 Å². The number of nitrogens with one attached hydrogen (secondary N) is 1. The largest absolute Gasteiger partial charge is 0.331 e. The van der Waals surface area contributed by atoms with Crippen molar-refractivity contribution < 1.29 is 4.79 Å². The zero-order valence-corrected chi connectivity index (χ0v) is 15.9. The molecule has 0 aliphatic carbocycles. The maximum atomic E-state index is 12.8. The third kappa shape index (κ3) is 3.12. The number of amides is 1. The third-order valence-corrected chi connectivity index (χ3v) is 5.02. The average molecular weight is 395 g/mol. The molecule has 0 aliphatic heterocycles. The normalized spacial score (nSPS) is 11.1. The van der Waals surface area contributed by atoms with E-state index in [4.69, 9.17) is 0 Å². The van der Waals surface area contributed by atoms with Gasteiger partial charge in [0, 0.05) is 16.5 Å². The van der Waals surface area contributed by atoms with E-state index in [9.17, 15) is 9.59 Å². The first-order valence-corrected chi connectivity index (χ1v) is 9.46. The first-order valence-electron chi connectivity index (χ1n) is 9.46. The highest BCUT2D eigenvalue weighted by Gasteiger charge is 2.13. The van der Waals surface area contributed by atoms with Crippen LogP contribution in [0.4, 0.5) is 5.69 Å². The summed E-state index contributed by atoms with van der Waals surface area (Å²) in [5, 5.41) is 8.21. The number of fused-ring (bicyclic) bond motifs is 2. The fraction of sp³-hybridized carbons (Fsp3) is 0.0435. The minimum atomic E-state index is -0.178. The van der Waals surface area contributed by atoms with Gasteiger partial charge in [0.15, 0.2) is 5.43 Å². The summed E-state index contributed by atoms with van der Waals surface area (Å²) in [6, 6.07) is 22.1. The predicted octanol–water partition coefficient (Wildman–Crippen LogP) is 3.37. The van der Waals surface area contributed by atoms with Gasteiger partial charge in [-0.15, -0.1) is 0 Å². The number of anilines is 1. The highest BCUT2D eigenvalue weighted by Crippen LogP contribution is 2.19. The molecule has 1 N–H and O–H groups in total. The van der Waals surface area contributed by atoms with Crippen LogP contribution in [0, 0.1) is 0 Å². The van der Waals surface area contributed by atoms with Gasteiger partial charge in [0.1, 0.15) is 19.2 Å². The molecule has 0 atom stereocenters. The molecule has 0 radical (unpaired) electrons. The highest BCUT2D eigenvalue weighted by atomic mass is 16.2. The summed E-state index contributed by atoms with van der Waals surface area (Å²) in [5.74, 6) is -0.178. The Morgan fingerprint density at radius 1 is 0.867 bits per heavy atom. The highest BCUT2D eigenvalue weighted by molar-refractivity contribution is 5.97. The van der Waals surface area contributed by atoms with E-state index in [0.717, 1.165) is 16.7 Å². The van der Waals surface area contributed by atoms with E-state index in [0.29, 0.717) is 16.5 Å². The minimum absolute atomic E-state index is 0.0263. The molecule has 30 heavy (non-hydrogen) atoms. The Kier molecular flexibility index (Phi) is 4.33. The van der Waals surface area contributed by atoms with E-state index in [1.807, 2.05) is 65.2 Å². The molecule has 0 aliphatic rings. The van der Waals surface area contributed by atoms with Gasteiger partial charge in [-0.3, -0.25) is 9.59 Å². The zero-order valence-electron chi connectivity index (χ0n) is 15.9. The molecule has 5 rings (SSSR count). The second kappa shape index (κ2) is 7.29. The molecule has 7 nitrogen and oxygen atoms in total. The molecule has 5 aromatic rings. The Balaban J connectivity index is 1.47. The van der Waals surface area contributed by atoms with Gasteiger partial charge >= 0.3 is 0 Å². The zero-order chi connectivity index (χ0) is 20.5. The van der Waals surface area contributed by atoms with Gasteiger partial charge in [0.25, 0.3) is 0 Å². The van der Waals surface area contributed by atoms with Crippen molar-refractivity contribution in [1.29, 1.82) is 0 Å². The molecular weight excluding hydrogens is 378 g/mol. The molecule has 1 amide bonds. The van der Waals surface area contributed by atoms with E-state index in [2.05, 4.69) is 15.4 Å². The van der Waals surface area contributed by atoms with E-state index in [1.165, 1.54) is 6.33 Å². The van der Waals surface area contributed by atoms with Crippen LogP contribution in [-0.2, 0) is 11.3 Å². The molecule has 2 aromatic heterocycles. The number of hydrogen-bond acceptors (Lipinski definition) is 4. The summed E-state index contributed by atoms with van der Waals surface area (Å²) < 4.78 is 3.52. The topological polar surface area (TPSA) is 81.8 Å². The molecule has 0 bridgehead atoms. The Morgan fingerprint density at radius 2 is 1.50 bits per heavy atom. The number of aromatic nitrogens is 4. The number of para-hydroxylation sites is 2. The monoisotopic (exact) mass is 395 g/mol. The molecule has 0 fully saturated rings. The Bertz CT molecular complexity index is 1360. The number of rotatable bonds is 4. The molecule has 3 aromatic carbocycles. The van der Waals surface area contributed by atoms with Crippen molar-refractivity contribution in [3.63, 3.8) is 0 Å². The van der Waals surface area contributed by atoms with Gasteiger partial charge in [-0.1, -0.05) is 24.3 Å². The number of carbonyl (C=O) groups excluding carboxylic acids is 1. The molecule has 146 valence electrons. The second-order valence-corrected chi connectivity index (χ2v) is 6.88. The number of hydrogen-bond donors (Lipinski definition) is 1. The summed E-state index contributed by atoms with van der Waals surface area (Å²) in [7, 11) is 0. The van der Waals surface area contributed by atoms with Crippen LogP contribution in [-0.4, -0.2) is 25.2 Å². The van der Waals surface area contributed by atoms with Gasteiger partial charge in [-0.05, 0) is 48.5 Å². The lowest BCUT2D eigenvalue weighted by Crippen LogP contribution is -2.21. The van der Waals surface area contributed by atoms with E-state index in [1.54, 1.807) is 23.1 Å². The lowest BCUT2D eigenvalue weighted by molar-refractivity contribution is -0.116. The lowest BCUT2D eigenvalue weighted by atomic mass is 10.1. The molecule has 0 saturated carbocycles. The fourth-order valence-corrected chi connectivity index (χ4v) is 3.63. The SMILES string of the molecule is O=C(Cn1c2ccccc2c(=O)c2ccccc21)Nc1ccc(-n2cncn2)cc1. The van der Waals surface area contributed by atoms with E-state index < -0.39 is 0 Å². The van der Waals surface area contributed by atoms with Gasteiger partial charge < -0.3 is 9.88 Å². The molecule has 0 saturated heterocycles. The summed E-state index contributed by atoms with van der Waals surface area (Å²) in [4.78, 5) is 29.6. The molecule has 2 heterocycles. The summed E-state index contributed by atoms with van der Waals surface area (Å²) >= 11 is 0. The van der Waals surface area contributed by atoms with Crippen LogP contribution in [0.2, 0.25) is 0 Å². The maximum Gasteiger partial charge on any atom is 0.244 e. The number of carbonyl (C=O) groups is 1. The van der Waals surface area contributed by atoms with Gasteiger partial charge in [-0.25, -0.2) is 9.67 Å². The van der Waals surface area contributed by atoms with Gasteiger partial charge in [-0.2, -0.15) is 5.10 Å². The van der Waals surface area contributed by atoms with Crippen molar-refractivity contribution in [2.24, 2.45) is 0 Å². The summed E-state index contributed by atoms with van der Waals surface area (Å²) in [6.07, 6.45) is 3.08. The van der Waals surface area contributed by atoms with Crippen LogP contribution in [0.3, 0.4) is 0 Å². The second-order valence-electron chi connectivity index (χ2n) is 6.88. The predicted molar refractivity (Wildman–Crippen MR) is 116 cm³/mol. The minimum Gasteiger partial charge on any atom is -0.331 e. The van der Waals surface area contributed by atoms with Crippen molar-refractivity contribution in [2.45, 2.75) is 6.54 Å². The summed E-state index contributed by atoms with van der Waals surface area (Å²) in [6.45, 7) is 0.0894. The van der Waals surface area contributed by atoms with E-state index >= 15 is 0 Å². The van der Waals surface area contributed by atoms with Crippen LogP contribution < -0.4 is 10.7 Å². The van der Waals surface area contributed by atoms with Crippen molar-refractivity contribution in [2.75, 3.05) is 5.32 Å². The average Bonchev–Trinajstić information content (AvgIpc) is 3.32. The van der Waals surface area contributed by atoms with E-state index in [-0.39, 0.29) is 17.9 Å². The smallest absolute Gasteiger partial charge is 0.244 e. The van der Waals surface area contributed by atoms with Crippen LogP contribution in [0.25, 0.3) is 27.5 Å². The van der Waals surface area contributed by atoms with Crippen LogP contribution >= 0.6 is 0 Å². The Hall–Kier alpha value is -4.26. The van der Waals surface area contributed by atoms with Crippen molar-refractivity contribution in [3.05, 3.63) is 95.7 Å². The number of pyridine rings is 1. The van der Waals surface area contributed by atoms with Crippen LogP contribution in [0.15, 0.2) is 90.2 Å². The van der Waals surface area contributed by atoms with Crippen LogP contribution in [0.5, 0.6) is 0 Å². The fourth-order valence-electron chi connectivity index (χ4n) is 3.63. The Labute approximate surface area is 171 Å². The van der Waals surface area contributed by atoms with Gasteiger partial charge in [0.2, 0.25) is 5.91 Å². The molecule has 0 unspecified atom stereocenters. The Morgan fingerprint density at radius 3 is 2.10 bits per heavy atom. The van der Waals surface area contributed by atoms with Crippen LogP contribution in [0.1, 0.15) is 0 Å².